The number of hydrogen-bond donors (Lipinski definition) is 1. The van der Waals surface area contributed by atoms with Crippen LogP contribution in [0.3, 0.4) is 0 Å². The van der Waals surface area contributed by atoms with Crippen molar-refractivity contribution in [3.8, 4) is 5.75 Å². The van der Waals surface area contributed by atoms with Crippen LogP contribution in [0.15, 0.2) is 70.9 Å². The third kappa shape index (κ3) is 4.73. The number of ketones is 1. The molecule has 2 heterocycles. The van der Waals surface area contributed by atoms with E-state index in [2.05, 4.69) is 0 Å². The molecule has 188 valence electrons. The zero-order chi connectivity index (χ0) is 26.2. The maximum atomic E-state index is 13.1. The fraction of sp³-hybridized carbons (Fsp3) is 0.259. The van der Waals surface area contributed by atoms with Crippen molar-refractivity contribution in [1.29, 1.82) is 0 Å². The summed E-state index contributed by atoms with van der Waals surface area (Å²) in [6.45, 7) is 6.32. The number of aryl methyl sites for hydroxylation is 1. The van der Waals surface area contributed by atoms with Gasteiger partial charge in [-0.15, -0.1) is 0 Å². The first-order chi connectivity index (χ1) is 17.0. The molecule has 2 aromatic carbocycles. The number of anilines is 1. The summed E-state index contributed by atoms with van der Waals surface area (Å²) in [7, 11) is 0. The first-order valence-corrected chi connectivity index (χ1v) is 11.2. The average molecular weight is 499 g/mol. The topological polar surface area (TPSA) is 80.0 Å². The van der Waals surface area contributed by atoms with E-state index >= 15 is 0 Å². The molecule has 6 nitrogen and oxygen atoms in total. The number of aliphatic hydroxyl groups excluding tert-OH is 1. The summed E-state index contributed by atoms with van der Waals surface area (Å²) in [5.41, 5.74) is -0.0746. The molecule has 1 aliphatic heterocycles. The largest absolute Gasteiger partial charge is 0.507 e. The maximum absolute atomic E-state index is 13.1. The van der Waals surface area contributed by atoms with Crippen LogP contribution >= 0.6 is 0 Å². The molecule has 1 fully saturated rings. The summed E-state index contributed by atoms with van der Waals surface area (Å²) >= 11 is 0. The molecule has 0 spiro atoms. The van der Waals surface area contributed by atoms with Crippen molar-refractivity contribution in [3.05, 3.63) is 88.9 Å². The lowest BCUT2D eigenvalue weighted by molar-refractivity contribution is -0.137. The van der Waals surface area contributed by atoms with Gasteiger partial charge in [-0.3, -0.25) is 14.5 Å². The Labute approximate surface area is 205 Å². The summed E-state index contributed by atoms with van der Waals surface area (Å²) in [4.78, 5) is 27.2. The van der Waals surface area contributed by atoms with Crippen molar-refractivity contribution in [2.45, 2.75) is 33.0 Å². The van der Waals surface area contributed by atoms with Gasteiger partial charge in [0, 0.05) is 11.3 Å². The number of halogens is 3. The molecular formula is C27H24F3NO5. The smallest absolute Gasteiger partial charge is 0.416 e. The number of rotatable bonds is 6. The van der Waals surface area contributed by atoms with Gasteiger partial charge in [-0.05, 0) is 73.0 Å². The van der Waals surface area contributed by atoms with E-state index < -0.39 is 35.2 Å². The number of aliphatic hydroxyl groups is 1. The van der Waals surface area contributed by atoms with E-state index in [4.69, 9.17) is 9.15 Å². The Morgan fingerprint density at radius 1 is 1.11 bits per heavy atom. The Kier molecular flexibility index (Phi) is 6.67. The summed E-state index contributed by atoms with van der Waals surface area (Å²) in [5.74, 6) is -1.30. The highest BCUT2D eigenvalue weighted by molar-refractivity contribution is 6.51. The number of hydrogen-bond acceptors (Lipinski definition) is 5. The molecule has 36 heavy (non-hydrogen) atoms. The van der Waals surface area contributed by atoms with E-state index in [1.165, 1.54) is 12.3 Å². The molecule has 1 amide bonds. The van der Waals surface area contributed by atoms with E-state index in [-0.39, 0.29) is 22.6 Å². The lowest BCUT2D eigenvalue weighted by Gasteiger charge is -2.23. The predicted octanol–water partition coefficient (Wildman–Crippen LogP) is 6.27. The van der Waals surface area contributed by atoms with Crippen LogP contribution in [0.5, 0.6) is 5.75 Å². The molecule has 1 saturated heterocycles. The van der Waals surface area contributed by atoms with E-state index in [0.29, 0.717) is 23.8 Å². The lowest BCUT2D eigenvalue weighted by atomic mass is 9.98. The minimum Gasteiger partial charge on any atom is -0.507 e. The van der Waals surface area contributed by atoms with E-state index in [1.807, 2.05) is 13.8 Å². The second-order valence-electron chi connectivity index (χ2n) is 8.91. The number of ether oxygens (including phenoxy) is 1. The molecule has 0 saturated carbocycles. The number of carbonyl (C=O) groups is 2. The number of furan rings is 1. The molecule has 9 heteroatoms. The number of benzene rings is 2. The first kappa shape index (κ1) is 25.1. The van der Waals surface area contributed by atoms with Crippen LogP contribution in [0.4, 0.5) is 18.9 Å². The number of Topliss-reactive ketones (excluding diaryl/α,β-unsaturated/α-hetero) is 1. The van der Waals surface area contributed by atoms with Gasteiger partial charge in [0.2, 0.25) is 0 Å². The fourth-order valence-electron chi connectivity index (χ4n) is 4.00. The SMILES string of the molecule is Cc1cc(/C(O)=C2/C(=O)C(=O)N(c3ccc(C(F)(F)F)cc3)C2c2ccco2)ccc1OCC(C)C. The van der Waals surface area contributed by atoms with Gasteiger partial charge >= 0.3 is 6.18 Å². The van der Waals surface area contributed by atoms with Gasteiger partial charge in [0.15, 0.2) is 0 Å². The van der Waals surface area contributed by atoms with Crippen molar-refractivity contribution < 1.29 is 37.0 Å². The highest BCUT2D eigenvalue weighted by Crippen LogP contribution is 2.43. The van der Waals surface area contributed by atoms with Crippen LogP contribution in [0.1, 0.15) is 42.3 Å². The molecule has 1 atom stereocenters. The van der Waals surface area contributed by atoms with E-state index in [1.54, 1.807) is 31.2 Å². The van der Waals surface area contributed by atoms with Crippen LogP contribution in [0.25, 0.3) is 5.76 Å². The van der Waals surface area contributed by atoms with Crippen molar-refractivity contribution in [1.82, 2.24) is 0 Å². The number of alkyl halides is 3. The zero-order valence-electron chi connectivity index (χ0n) is 19.8. The van der Waals surface area contributed by atoms with Crippen LogP contribution in [-0.2, 0) is 15.8 Å². The number of carbonyl (C=O) groups excluding carboxylic acids is 2. The van der Waals surface area contributed by atoms with Crippen LogP contribution in [0.2, 0.25) is 0 Å². The Morgan fingerprint density at radius 3 is 2.36 bits per heavy atom. The third-order valence-electron chi connectivity index (χ3n) is 5.75. The molecular weight excluding hydrogens is 475 g/mol. The third-order valence-corrected chi connectivity index (χ3v) is 5.75. The Balaban J connectivity index is 1.79. The molecule has 1 aliphatic rings. The number of nitrogens with zero attached hydrogens (tertiary/aromatic N) is 1. The van der Waals surface area contributed by atoms with Crippen LogP contribution < -0.4 is 9.64 Å². The van der Waals surface area contributed by atoms with Gasteiger partial charge in [0.1, 0.15) is 23.3 Å². The Bertz CT molecular complexity index is 1310. The first-order valence-electron chi connectivity index (χ1n) is 11.2. The van der Waals surface area contributed by atoms with Crippen LogP contribution in [-0.4, -0.2) is 23.4 Å². The van der Waals surface area contributed by atoms with Gasteiger partial charge in [0.05, 0.1) is 24.0 Å². The lowest BCUT2D eigenvalue weighted by Crippen LogP contribution is -2.29. The minimum atomic E-state index is -4.56. The fourth-order valence-corrected chi connectivity index (χ4v) is 4.00. The molecule has 1 N–H and O–H groups in total. The van der Waals surface area contributed by atoms with Gasteiger partial charge in [-0.25, -0.2) is 0 Å². The standard InChI is InChI=1S/C27H24F3NO5/c1-15(2)14-36-20-11-6-17(13-16(20)3)24(32)22-23(21-5-4-12-35-21)31(26(34)25(22)33)19-9-7-18(8-10-19)27(28,29)30/h4-13,15,23,32H,14H2,1-3H3/b24-22-. The molecule has 0 bridgehead atoms. The minimum absolute atomic E-state index is 0.0548. The summed E-state index contributed by atoms with van der Waals surface area (Å²) in [5, 5.41) is 11.2. The number of amides is 1. The Morgan fingerprint density at radius 2 is 1.81 bits per heavy atom. The van der Waals surface area contributed by atoms with Gasteiger partial charge in [-0.2, -0.15) is 13.2 Å². The predicted molar refractivity (Wildman–Crippen MR) is 126 cm³/mol. The molecule has 1 aromatic heterocycles. The molecule has 3 aromatic rings. The quantitative estimate of drug-likeness (QED) is 0.246. The van der Waals surface area contributed by atoms with E-state index in [0.717, 1.165) is 29.2 Å². The molecule has 4 rings (SSSR count). The van der Waals surface area contributed by atoms with Gasteiger partial charge < -0.3 is 14.3 Å². The monoisotopic (exact) mass is 499 g/mol. The second kappa shape index (κ2) is 9.56. The highest BCUT2D eigenvalue weighted by atomic mass is 19.4. The molecule has 0 radical (unpaired) electrons. The van der Waals surface area contributed by atoms with Crippen molar-refractivity contribution >= 4 is 23.1 Å². The molecule has 0 aliphatic carbocycles. The Hall–Kier alpha value is -4.01. The van der Waals surface area contributed by atoms with Crippen LogP contribution in [0, 0.1) is 12.8 Å². The van der Waals surface area contributed by atoms with Gasteiger partial charge in [0.25, 0.3) is 11.7 Å². The summed E-state index contributed by atoms with van der Waals surface area (Å²) in [6, 6.07) is 10.6. The maximum Gasteiger partial charge on any atom is 0.416 e. The van der Waals surface area contributed by atoms with Crippen molar-refractivity contribution in [2.24, 2.45) is 5.92 Å². The second-order valence-corrected chi connectivity index (χ2v) is 8.91. The zero-order valence-corrected chi connectivity index (χ0v) is 19.8. The highest BCUT2D eigenvalue weighted by Gasteiger charge is 2.48. The molecule has 1 unspecified atom stereocenters. The summed E-state index contributed by atoms with van der Waals surface area (Å²) in [6.07, 6.45) is -3.22. The average Bonchev–Trinajstić information content (AvgIpc) is 3.44. The van der Waals surface area contributed by atoms with Crippen molar-refractivity contribution in [2.75, 3.05) is 11.5 Å². The van der Waals surface area contributed by atoms with Gasteiger partial charge in [-0.1, -0.05) is 13.8 Å². The normalized spacial score (nSPS) is 17.8. The summed E-state index contributed by atoms with van der Waals surface area (Å²) < 4.78 is 50.4. The van der Waals surface area contributed by atoms with E-state index in [9.17, 15) is 27.9 Å². The van der Waals surface area contributed by atoms with Crippen molar-refractivity contribution in [3.63, 3.8) is 0 Å².